The van der Waals surface area contributed by atoms with E-state index in [0.717, 1.165) is 12.8 Å². The van der Waals surface area contributed by atoms with Crippen molar-refractivity contribution in [2.24, 2.45) is 17.8 Å². The van der Waals surface area contributed by atoms with Crippen molar-refractivity contribution in [3.8, 4) is 6.07 Å². The number of halogens is 2. The summed E-state index contributed by atoms with van der Waals surface area (Å²) in [7, 11) is 0. The summed E-state index contributed by atoms with van der Waals surface area (Å²) in [6, 6.07) is 6.41. The fourth-order valence-corrected chi connectivity index (χ4v) is 3.39. The monoisotopic (exact) mass is 277 g/mol. The molecule has 1 aromatic carbocycles. The lowest BCUT2D eigenvalue weighted by molar-refractivity contribution is -0.123. The summed E-state index contributed by atoms with van der Waals surface area (Å²) in [5, 5.41) is 9.18. The molecule has 2 aliphatic carbocycles. The molecule has 0 heterocycles. The van der Waals surface area contributed by atoms with Crippen molar-refractivity contribution in [1.82, 2.24) is 0 Å². The molecule has 0 aromatic heterocycles. The van der Waals surface area contributed by atoms with Crippen LogP contribution in [0.1, 0.15) is 30.7 Å². The average Bonchev–Trinajstić information content (AvgIpc) is 3.02. The maximum absolute atomic E-state index is 13.9. The molecule has 3 unspecified atom stereocenters. The van der Waals surface area contributed by atoms with Crippen molar-refractivity contribution < 1.29 is 9.18 Å². The molecule has 2 fully saturated rings. The summed E-state index contributed by atoms with van der Waals surface area (Å²) in [4.78, 5) is 12.4. The van der Waals surface area contributed by atoms with Gasteiger partial charge >= 0.3 is 0 Å². The second-order valence-corrected chi connectivity index (χ2v) is 5.94. The first-order valence-electron chi connectivity index (χ1n) is 6.49. The molecule has 0 spiro atoms. The molecule has 0 bridgehead atoms. The largest absolute Gasteiger partial charge is 0.298 e. The number of ketones is 1. The molecule has 2 saturated carbocycles. The summed E-state index contributed by atoms with van der Waals surface area (Å²) in [6.07, 6.45) is 2.94. The molecule has 0 amide bonds. The van der Waals surface area contributed by atoms with Gasteiger partial charge in [-0.1, -0.05) is 23.7 Å². The molecular weight excluding hydrogens is 265 g/mol. The highest BCUT2D eigenvalue weighted by Gasteiger charge is 2.49. The maximum Gasteiger partial charge on any atom is 0.157 e. The van der Waals surface area contributed by atoms with Gasteiger partial charge in [0.15, 0.2) is 5.78 Å². The third-order valence-corrected chi connectivity index (χ3v) is 4.64. The summed E-state index contributed by atoms with van der Waals surface area (Å²) in [5.41, 5.74) is 0.112. The van der Waals surface area contributed by atoms with Gasteiger partial charge in [0, 0.05) is 11.5 Å². The normalized spacial score (nSPS) is 29.4. The van der Waals surface area contributed by atoms with E-state index in [4.69, 9.17) is 11.6 Å². The molecule has 2 aliphatic rings. The third-order valence-electron chi connectivity index (χ3n) is 4.35. The lowest BCUT2D eigenvalue weighted by Gasteiger charge is -2.16. The van der Waals surface area contributed by atoms with Crippen LogP contribution in [0.3, 0.4) is 0 Å². The number of carbonyl (C=O) groups is 1. The zero-order valence-electron chi connectivity index (χ0n) is 10.3. The maximum atomic E-state index is 13.9. The topological polar surface area (TPSA) is 40.9 Å². The van der Waals surface area contributed by atoms with Gasteiger partial charge in [0.2, 0.25) is 0 Å². The molecule has 0 saturated heterocycles. The first-order chi connectivity index (χ1) is 9.11. The average molecular weight is 278 g/mol. The van der Waals surface area contributed by atoms with Gasteiger partial charge in [0.05, 0.1) is 11.1 Å². The first kappa shape index (κ1) is 12.6. The van der Waals surface area contributed by atoms with E-state index in [2.05, 4.69) is 0 Å². The molecule has 2 nitrogen and oxygen atoms in total. The number of fused-ring (bicyclic) bond motifs is 1. The number of nitriles is 1. The predicted molar refractivity (Wildman–Crippen MR) is 69.1 cm³/mol. The van der Waals surface area contributed by atoms with Crippen LogP contribution in [-0.4, -0.2) is 5.78 Å². The van der Waals surface area contributed by atoms with Gasteiger partial charge in [-0.25, -0.2) is 4.39 Å². The van der Waals surface area contributed by atoms with Gasteiger partial charge in [-0.2, -0.15) is 5.26 Å². The van der Waals surface area contributed by atoms with Gasteiger partial charge in [-0.15, -0.1) is 0 Å². The van der Waals surface area contributed by atoms with Crippen LogP contribution in [0.2, 0.25) is 5.02 Å². The molecule has 4 heteroatoms. The lowest BCUT2D eigenvalue weighted by atomic mass is 9.85. The molecule has 0 N–H and O–H groups in total. The van der Waals surface area contributed by atoms with Gasteiger partial charge in [-0.05, 0) is 37.2 Å². The van der Waals surface area contributed by atoms with E-state index < -0.39 is 11.7 Å². The van der Waals surface area contributed by atoms with Crippen molar-refractivity contribution in [2.75, 3.05) is 0 Å². The van der Waals surface area contributed by atoms with Crippen molar-refractivity contribution in [1.29, 1.82) is 5.26 Å². The Labute approximate surface area is 116 Å². The highest BCUT2D eigenvalue weighted by molar-refractivity contribution is 6.30. The van der Waals surface area contributed by atoms with Crippen LogP contribution in [0.15, 0.2) is 18.2 Å². The molecule has 19 heavy (non-hydrogen) atoms. The molecule has 3 rings (SSSR count). The Bertz CT molecular complexity index is 570. The van der Waals surface area contributed by atoms with E-state index in [1.165, 1.54) is 18.6 Å². The van der Waals surface area contributed by atoms with Crippen molar-refractivity contribution in [3.05, 3.63) is 34.6 Å². The fourth-order valence-electron chi connectivity index (χ4n) is 3.21. The smallest absolute Gasteiger partial charge is 0.157 e. The summed E-state index contributed by atoms with van der Waals surface area (Å²) < 4.78 is 13.9. The highest BCUT2D eigenvalue weighted by atomic mass is 35.5. The van der Waals surface area contributed by atoms with Crippen LogP contribution in [0.5, 0.6) is 0 Å². The number of rotatable bonds is 3. The SMILES string of the molecule is N#CC(C(=O)C1CC2CC2C1)c1cccc(Cl)c1F. The molecule has 3 atom stereocenters. The Balaban J connectivity index is 1.86. The van der Waals surface area contributed by atoms with E-state index in [9.17, 15) is 14.4 Å². The van der Waals surface area contributed by atoms with E-state index in [-0.39, 0.29) is 22.3 Å². The quantitative estimate of drug-likeness (QED) is 0.845. The van der Waals surface area contributed by atoms with Crippen LogP contribution >= 0.6 is 11.6 Å². The second-order valence-electron chi connectivity index (χ2n) is 5.53. The van der Waals surface area contributed by atoms with Crippen molar-refractivity contribution in [3.63, 3.8) is 0 Å². The minimum Gasteiger partial charge on any atom is -0.298 e. The summed E-state index contributed by atoms with van der Waals surface area (Å²) >= 11 is 5.71. The summed E-state index contributed by atoms with van der Waals surface area (Å²) in [6.45, 7) is 0. The number of carbonyl (C=O) groups excluding carboxylic acids is 1. The number of hydrogen-bond donors (Lipinski definition) is 0. The Morgan fingerprint density at radius 1 is 1.37 bits per heavy atom. The predicted octanol–water partition coefficient (Wildman–Crippen LogP) is 3.70. The molecule has 1 aromatic rings. The van der Waals surface area contributed by atoms with Crippen LogP contribution in [0.25, 0.3) is 0 Å². The zero-order chi connectivity index (χ0) is 13.6. The van der Waals surface area contributed by atoms with Gasteiger partial charge in [-0.3, -0.25) is 4.79 Å². The first-order valence-corrected chi connectivity index (χ1v) is 6.87. The standard InChI is InChI=1S/C15H13ClFNO/c16-13-3-1-2-11(14(13)17)12(7-18)15(19)10-5-8-4-9(8)6-10/h1-3,8-10,12H,4-6H2. The van der Waals surface area contributed by atoms with E-state index in [0.29, 0.717) is 11.8 Å². The Morgan fingerprint density at radius 3 is 2.68 bits per heavy atom. The Morgan fingerprint density at radius 2 is 2.05 bits per heavy atom. The van der Waals surface area contributed by atoms with Gasteiger partial charge in [0.25, 0.3) is 0 Å². The van der Waals surface area contributed by atoms with E-state index in [1.54, 1.807) is 6.07 Å². The minimum absolute atomic E-state index is 0.0418. The van der Waals surface area contributed by atoms with E-state index in [1.807, 2.05) is 6.07 Å². The number of nitrogens with zero attached hydrogens (tertiary/aromatic N) is 1. The zero-order valence-corrected chi connectivity index (χ0v) is 11.0. The molecule has 0 radical (unpaired) electrons. The third kappa shape index (κ3) is 2.15. The Hall–Kier alpha value is -1.40. The number of hydrogen-bond acceptors (Lipinski definition) is 2. The van der Waals surface area contributed by atoms with Crippen molar-refractivity contribution in [2.45, 2.75) is 25.2 Å². The van der Waals surface area contributed by atoms with Crippen molar-refractivity contribution >= 4 is 17.4 Å². The molecular formula is C15H13ClFNO. The second kappa shape index (κ2) is 4.61. The van der Waals surface area contributed by atoms with Gasteiger partial charge < -0.3 is 0 Å². The highest BCUT2D eigenvalue weighted by Crippen LogP contribution is 2.55. The fraction of sp³-hybridized carbons (Fsp3) is 0.467. The summed E-state index contributed by atoms with van der Waals surface area (Å²) in [5.74, 6) is -0.564. The lowest BCUT2D eigenvalue weighted by Crippen LogP contribution is -2.21. The van der Waals surface area contributed by atoms with Crippen LogP contribution in [0.4, 0.5) is 4.39 Å². The minimum atomic E-state index is -1.03. The van der Waals surface area contributed by atoms with E-state index >= 15 is 0 Å². The molecule has 0 aliphatic heterocycles. The van der Waals surface area contributed by atoms with Crippen LogP contribution in [0, 0.1) is 34.9 Å². The Kier molecular flexibility index (Phi) is 3.06. The number of benzene rings is 1. The number of Topliss-reactive ketones (excluding diaryl/α,β-unsaturated/α-hetero) is 1. The molecule has 98 valence electrons. The van der Waals surface area contributed by atoms with Crippen LogP contribution in [-0.2, 0) is 4.79 Å². The van der Waals surface area contributed by atoms with Crippen LogP contribution < -0.4 is 0 Å². The van der Waals surface area contributed by atoms with Gasteiger partial charge in [0.1, 0.15) is 11.7 Å².